The molecule has 0 spiro atoms. The van der Waals surface area contributed by atoms with Gasteiger partial charge in [-0.25, -0.2) is 13.4 Å². The normalized spacial score (nSPS) is 12.0. The molecular weight excluding hydrogens is 384 g/mol. The van der Waals surface area contributed by atoms with E-state index in [1.165, 1.54) is 12.1 Å². The Hall–Kier alpha value is -3.51. The van der Waals surface area contributed by atoms with Crippen molar-refractivity contribution in [1.29, 1.82) is 0 Å². The molecule has 3 aromatic carbocycles. The van der Waals surface area contributed by atoms with Gasteiger partial charge in [-0.2, -0.15) is 0 Å². The number of H-pyrrole nitrogens is 1. The molecule has 5 nitrogen and oxygen atoms in total. The summed E-state index contributed by atoms with van der Waals surface area (Å²) in [6.45, 7) is 0. The van der Waals surface area contributed by atoms with Crippen LogP contribution < -0.4 is 5.43 Å². The average Bonchev–Trinajstić information content (AvgIpc) is 3.00. The molecule has 0 amide bonds. The standard InChI is InChI=1S/C23H16N2O3S/c1-29(27,28)15-12-10-14(11-13-15)20-22-21(16-6-2-4-8-18(16)25-22)24-19-9-5-3-7-17(19)23(20)26/h2-13,25H,1H3. The molecule has 0 aliphatic heterocycles. The van der Waals surface area contributed by atoms with Crippen molar-refractivity contribution in [2.45, 2.75) is 4.90 Å². The zero-order valence-corrected chi connectivity index (χ0v) is 16.3. The molecule has 0 unspecified atom stereocenters. The summed E-state index contributed by atoms with van der Waals surface area (Å²) in [6, 6.07) is 21.4. The highest BCUT2D eigenvalue weighted by Crippen LogP contribution is 2.31. The van der Waals surface area contributed by atoms with E-state index in [1.807, 2.05) is 42.5 Å². The molecule has 0 aliphatic rings. The smallest absolute Gasteiger partial charge is 0.197 e. The van der Waals surface area contributed by atoms with Gasteiger partial charge >= 0.3 is 0 Å². The molecule has 0 saturated heterocycles. The van der Waals surface area contributed by atoms with E-state index in [-0.39, 0.29) is 10.3 Å². The first-order valence-corrected chi connectivity index (χ1v) is 11.0. The van der Waals surface area contributed by atoms with E-state index in [0.29, 0.717) is 33.1 Å². The minimum Gasteiger partial charge on any atom is -0.353 e. The molecule has 0 atom stereocenters. The Kier molecular flexibility index (Phi) is 3.79. The van der Waals surface area contributed by atoms with E-state index in [9.17, 15) is 13.2 Å². The molecule has 6 heteroatoms. The lowest BCUT2D eigenvalue weighted by Gasteiger charge is -2.03. The number of sulfone groups is 1. The summed E-state index contributed by atoms with van der Waals surface area (Å²) in [5.41, 5.74) is 3.82. The molecule has 29 heavy (non-hydrogen) atoms. The Balaban J connectivity index is 1.97. The number of hydrogen-bond acceptors (Lipinski definition) is 4. The molecule has 0 radical (unpaired) electrons. The monoisotopic (exact) mass is 400 g/mol. The van der Waals surface area contributed by atoms with Crippen molar-refractivity contribution in [3.63, 3.8) is 0 Å². The van der Waals surface area contributed by atoms with Crippen LogP contribution in [0.4, 0.5) is 0 Å². The van der Waals surface area contributed by atoms with Gasteiger partial charge in [0.05, 0.1) is 27.0 Å². The Morgan fingerprint density at radius 3 is 2.21 bits per heavy atom. The van der Waals surface area contributed by atoms with Crippen LogP contribution in [-0.4, -0.2) is 24.6 Å². The summed E-state index contributed by atoms with van der Waals surface area (Å²) in [5.74, 6) is 0. The average molecular weight is 400 g/mol. The second kappa shape index (κ2) is 6.25. The fraction of sp³-hybridized carbons (Fsp3) is 0.0435. The second-order valence-electron chi connectivity index (χ2n) is 7.02. The van der Waals surface area contributed by atoms with Crippen molar-refractivity contribution < 1.29 is 8.42 Å². The maximum atomic E-state index is 13.5. The van der Waals surface area contributed by atoms with Crippen LogP contribution in [0.3, 0.4) is 0 Å². The van der Waals surface area contributed by atoms with Crippen molar-refractivity contribution in [3.8, 4) is 11.1 Å². The lowest BCUT2D eigenvalue weighted by molar-refractivity contribution is 0.602. The molecule has 5 aromatic rings. The van der Waals surface area contributed by atoms with E-state index in [1.54, 1.807) is 18.2 Å². The fourth-order valence-corrected chi connectivity index (χ4v) is 4.33. The van der Waals surface area contributed by atoms with E-state index in [2.05, 4.69) is 4.98 Å². The van der Waals surface area contributed by atoms with Gasteiger partial charge in [-0.05, 0) is 35.9 Å². The topological polar surface area (TPSA) is 79.9 Å². The Bertz CT molecular complexity index is 1580. The Labute approximate surface area is 166 Å². The minimum absolute atomic E-state index is 0.151. The number of aromatic amines is 1. The van der Waals surface area contributed by atoms with Crippen molar-refractivity contribution in [2.24, 2.45) is 0 Å². The van der Waals surface area contributed by atoms with Crippen molar-refractivity contribution >= 4 is 42.7 Å². The van der Waals surface area contributed by atoms with Gasteiger partial charge < -0.3 is 4.98 Å². The third-order valence-corrected chi connectivity index (χ3v) is 6.24. The maximum Gasteiger partial charge on any atom is 0.197 e. The van der Waals surface area contributed by atoms with Crippen LogP contribution in [0.2, 0.25) is 0 Å². The molecule has 1 N–H and O–H groups in total. The maximum absolute atomic E-state index is 13.5. The Morgan fingerprint density at radius 1 is 0.828 bits per heavy atom. The van der Waals surface area contributed by atoms with Gasteiger partial charge in [0.15, 0.2) is 15.3 Å². The Morgan fingerprint density at radius 2 is 1.48 bits per heavy atom. The fourth-order valence-electron chi connectivity index (χ4n) is 3.70. The van der Waals surface area contributed by atoms with Crippen LogP contribution in [0.1, 0.15) is 0 Å². The van der Waals surface area contributed by atoms with Gasteiger partial charge in [-0.1, -0.05) is 42.5 Å². The second-order valence-corrected chi connectivity index (χ2v) is 9.04. The molecular formula is C23H16N2O3S. The SMILES string of the molecule is CS(=O)(=O)c1ccc(-c2c(=O)c3ccccc3nc3c2[nH]c2ccccc23)cc1. The number of rotatable bonds is 2. The summed E-state index contributed by atoms with van der Waals surface area (Å²) >= 11 is 0. The minimum atomic E-state index is -3.32. The number of aromatic nitrogens is 2. The molecule has 5 rings (SSSR count). The quantitative estimate of drug-likeness (QED) is 0.479. The molecule has 0 fully saturated rings. The molecule has 142 valence electrons. The van der Waals surface area contributed by atoms with Gasteiger partial charge in [0.1, 0.15) is 0 Å². The molecule has 0 aliphatic carbocycles. The highest BCUT2D eigenvalue weighted by atomic mass is 32.2. The lowest BCUT2D eigenvalue weighted by atomic mass is 10.0. The van der Waals surface area contributed by atoms with Crippen LogP contribution in [0, 0.1) is 0 Å². The highest BCUT2D eigenvalue weighted by molar-refractivity contribution is 7.90. The largest absolute Gasteiger partial charge is 0.353 e. The zero-order chi connectivity index (χ0) is 20.2. The van der Waals surface area contributed by atoms with Crippen LogP contribution in [-0.2, 0) is 9.84 Å². The number of nitrogens with one attached hydrogen (secondary N) is 1. The van der Waals surface area contributed by atoms with Crippen LogP contribution in [0.15, 0.2) is 82.5 Å². The summed E-state index contributed by atoms with van der Waals surface area (Å²) in [5, 5.41) is 1.45. The van der Waals surface area contributed by atoms with Crippen LogP contribution in [0.25, 0.3) is 44.0 Å². The van der Waals surface area contributed by atoms with E-state index in [0.717, 1.165) is 17.2 Å². The predicted molar refractivity (Wildman–Crippen MR) is 116 cm³/mol. The third-order valence-electron chi connectivity index (χ3n) is 5.11. The lowest BCUT2D eigenvalue weighted by Crippen LogP contribution is -2.03. The predicted octanol–water partition coefficient (Wildman–Crippen LogP) is 4.30. The highest BCUT2D eigenvalue weighted by Gasteiger charge is 2.16. The van der Waals surface area contributed by atoms with E-state index in [4.69, 9.17) is 4.98 Å². The summed E-state index contributed by atoms with van der Waals surface area (Å²) in [7, 11) is -3.32. The van der Waals surface area contributed by atoms with Crippen LogP contribution >= 0.6 is 0 Å². The first-order valence-electron chi connectivity index (χ1n) is 9.07. The molecule has 2 heterocycles. The molecule has 2 aromatic heterocycles. The van der Waals surface area contributed by atoms with E-state index < -0.39 is 9.84 Å². The third kappa shape index (κ3) is 2.80. The number of para-hydroxylation sites is 2. The summed E-state index contributed by atoms with van der Waals surface area (Å²) < 4.78 is 23.6. The molecule has 0 bridgehead atoms. The van der Waals surface area contributed by atoms with Gasteiger partial charge in [-0.3, -0.25) is 4.79 Å². The molecule has 0 saturated carbocycles. The van der Waals surface area contributed by atoms with Crippen molar-refractivity contribution in [3.05, 3.63) is 83.0 Å². The first-order chi connectivity index (χ1) is 13.9. The van der Waals surface area contributed by atoms with Crippen molar-refractivity contribution in [2.75, 3.05) is 6.26 Å². The van der Waals surface area contributed by atoms with Gasteiger partial charge in [0.2, 0.25) is 0 Å². The first kappa shape index (κ1) is 17.6. The van der Waals surface area contributed by atoms with E-state index >= 15 is 0 Å². The summed E-state index contributed by atoms with van der Waals surface area (Å²) in [4.78, 5) is 21.9. The number of fused-ring (bicyclic) bond motifs is 4. The van der Waals surface area contributed by atoms with Crippen LogP contribution in [0.5, 0.6) is 0 Å². The number of benzene rings is 3. The van der Waals surface area contributed by atoms with Gasteiger partial charge in [0.25, 0.3) is 0 Å². The van der Waals surface area contributed by atoms with Crippen molar-refractivity contribution in [1.82, 2.24) is 9.97 Å². The number of hydrogen-bond donors (Lipinski definition) is 1. The number of nitrogens with zero attached hydrogens (tertiary/aromatic N) is 1. The summed E-state index contributed by atoms with van der Waals surface area (Å²) in [6.07, 6.45) is 1.16. The zero-order valence-electron chi connectivity index (χ0n) is 15.5. The van der Waals surface area contributed by atoms with Gasteiger partial charge in [0, 0.05) is 22.5 Å². The van der Waals surface area contributed by atoms with Gasteiger partial charge in [-0.15, -0.1) is 0 Å².